The lowest BCUT2D eigenvalue weighted by molar-refractivity contribution is 0.0156. The van der Waals surface area contributed by atoms with Crippen LogP contribution in [0.25, 0.3) is 0 Å². The highest BCUT2D eigenvalue weighted by Gasteiger charge is 2.21. The van der Waals surface area contributed by atoms with Gasteiger partial charge in [0.05, 0.1) is 13.2 Å². The molecular formula is C13H26N2OS2. The molecule has 1 atom stereocenters. The van der Waals surface area contributed by atoms with Crippen LogP contribution in [0.1, 0.15) is 13.3 Å². The lowest BCUT2D eigenvalue weighted by atomic mass is 10.1. The number of hydrogen-bond donors (Lipinski definition) is 1. The summed E-state index contributed by atoms with van der Waals surface area (Å²) in [6.45, 7) is 7.47. The van der Waals surface area contributed by atoms with Gasteiger partial charge in [-0.2, -0.15) is 23.5 Å². The van der Waals surface area contributed by atoms with Crippen molar-refractivity contribution in [2.75, 3.05) is 55.9 Å². The molecular weight excluding hydrogens is 264 g/mol. The molecule has 0 radical (unpaired) electrons. The van der Waals surface area contributed by atoms with Crippen LogP contribution in [0.4, 0.5) is 0 Å². The number of nitrogens with one attached hydrogen (secondary N) is 1. The van der Waals surface area contributed by atoms with Crippen LogP contribution in [0, 0.1) is 0 Å². The van der Waals surface area contributed by atoms with E-state index in [1.54, 1.807) is 0 Å². The third-order valence-corrected chi connectivity index (χ3v) is 6.21. The highest BCUT2D eigenvalue weighted by atomic mass is 32.2. The first-order valence-electron chi connectivity index (χ1n) is 7.11. The Morgan fingerprint density at radius 3 is 2.50 bits per heavy atom. The summed E-state index contributed by atoms with van der Waals surface area (Å²) in [5, 5.41) is 3.79. The van der Waals surface area contributed by atoms with E-state index >= 15 is 0 Å². The second kappa shape index (κ2) is 8.69. The molecule has 2 aliphatic heterocycles. The summed E-state index contributed by atoms with van der Waals surface area (Å²) < 4.78 is 5.44. The minimum Gasteiger partial charge on any atom is -0.379 e. The number of ether oxygens (including phenoxy) is 1. The molecule has 0 aliphatic carbocycles. The summed E-state index contributed by atoms with van der Waals surface area (Å²) in [5.41, 5.74) is 0. The summed E-state index contributed by atoms with van der Waals surface area (Å²) in [6.07, 6.45) is 1.24. The minimum atomic E-state index is 0.687. The van der Waals surface area contributed by atoms with Gasteiger partial charge in [0.2, 0.25) is 0 Å². The van der Waals surface area contributed by atoms with Gasteiger partial charge in [-0.3, -0.25) is 4.90 Å². The van der Waals surface area contributed by atoms with Crippen LogP contribution in [0.2, 0.25) is 0 Å². The largest absolute Gasteiger partial charge is 0.379 e. The smallest absolute Gasteiger partial charge is 0.0594 e. The average molecular weight is 290 g/mol. The zero-order valence-electron chi connectivity index (χ0n) is 11.4. The molecule has 2 aliphatic rings. The van der Waals surface area contributed by atoms with E-state index < -0.39 is 0 Å². The SMILES string of the molecule is CC[C@H](CNC1CSCCSC1)N1CCOCC1. The second-order valence-corrected chi connectivity index (χ2v) is 7.27. The Morgan fingerprint density at radius 2 is 1.89 bits per heavy atom. The van der Waals surface area contributed by atoms with Crippen molar-refractivity contribution in [2.24, 2.45) is 0 Å². The van der Waals surface area contributed by atoms with E-state index in [1.165, 1.54) is 29.4 Å². The highest BCUT2D eigenvalue weighted by molar-refractivity contribution is 8.03. The van der Waals surface area contributed by atoms with Gasteiger partial charge in [0.15, 0.2) is 0 Å². The molecule has 2 rings (SSSR count). The van der Waals surface area contributed by atoms with Gasteiger partial charge in [0.1, 0.15) is 0 Å². The summed E-state index contributed by atoms with van der Waals surface area (Å²) in [4.78, 5) is 2.59. The summed E-state index contributed by atoms with van der Waals surface area (Å²) in [5.74, 6) is 5.21. The van der Waals surface area contributed by atoms with Gasteiger partial charge in [0.25, 0.3) is 0 Å². The fourth-order valence-corrected chi connectivity index (χ4v) is 4.98. The van der Waals surface area contributed by atoms with E-state index in [-0.39, 0.29) is 0 Å². The predicted octanol–water partition coefficient (Wildman–Crippen LogP) is 1.54. The lowest BCUT2D eigenvalue weighted by Crippen LogP contribution is -2.49. The molecule has 106 valence electrons. The van der Waals surface area contributed by atoms with Crippen molar-refractivity contribution in [3.05, 3.63) is 0 Å². The van der Waals surface area contributed by atoms with E-state index in [2.05, 4.69) is 40.7 Å². The molecule has 0 aromatic carbocycles. The molecule has 0 unspecified atom stereocenters. The Bertz CT molecular complexity index is 217. The fourth-order valence-electron chi connectivity index (χ4n) is 2.51. The normalized spacial score (nSPS) is 25.8. The van der Waals surface area contributed by atoms with Crippen LogP contribution in [0.15, 0.2) is 0 Å². The molecule has 2 heterocycles. The van der Waals surface area contributed by atoms with Gasteiger partial charge in [-0.25, -0.2) is 0 Å². The van der Waals surface area contributed by atoms with Crippen LogP contribution in [-0.2, 0) is 4.74 Å². The van der Waals surface area contributed by atoms with Crippen molar-refractivity contribution in [3.63, 3.8) is 0 Å². The van der Waals surface area contributed by atoms with E-state index in [0.29, 0.717) is 12.1 Å². The first-order valence-corrected chi connectivity index (χ1v) is 9.41. The molecule has 1 N–H and O–H groups in total. The Morgan fingerprint density at radius 1 is 1.22 bits per heavy atom. The molecule has 18 heavy (non-hydrogen) atoms. The van der Waals surface area contributed by atoms with Gasteiger partial charge in [-0.1, -0.05) is 6.92 Å². The predicted molar refractivity (Wildman–Crippen MR) is 82.9 cm³/mol. The second-order valence-electron chi connectivity index (χ2n) is 4.97. The quantitative estimate of drug-likeness (QED) is 0.828. The van der Waals surface area contributed by atoms with Crippen molar-refractivity contribution in [1.29, 1.82) is 0 Å². The first kappa shape index (κ1) is 15.0. The van der Waals surface area contributed by atoms with E-state index in [4.69, 9.17) is 4.74 Å². The van der Waals surface area contributed by atoms with Crippen LogP contribution < -0.4 is 5.32 Å². The molecule has 2 saturated heterocycles. The van der Waals surface area contributed by atoms with Crippen LogP contribution >= 0.6 is 23.5 Å². The van der Waals surface area contributed by atoms with Crippen LogP contribution in [0.3, 0.4) is 0 Å². The van der Waals surface area contributed by atoms with E-state index in [1.807, 2.05) is 0 Å². The van der Waals surface area contributed by atoms with Gasteiger partial charge < -0.3 is 10.1 Å². The standard InChI is InChI=1S/C13H26N2OS2/c1-2-13(15-3-5-16-6-4-15)9-14-12-10-17-7-8-18-11-12/h12-14H,2-11H2,1H3/t13-/m1/s1. The van der Waals surface area contributed by atoms with Crippen molar-refractivity contribution in [2.45, 2.75) is 25.4 Å². The number of hydrogen-bond acceptors (Lipinski definition) is 5. The van der Waals surface area contributed by atoms with Crippen LogP contribution in [0.5, 0.6) is 0 Å². The molecule has 0 saturated carbocycles. The molecule has 0 aromatic rings. The van der Waals surface area contributed by atoms with Gasteiger partial charge in [-0.05, 0) is 6.42 Å². The Labute approximate surface area is 120 Å². The Balaban J connectivity index is 1.71. The maximum atomic E-state index is 5.44. The molecule has 5 heteroatoms. The number of nitrogens with zero attached hydrogens (tertiary/aromatic N) is 1. The third-order valence-electron chi connectivity index (χ3n) is 3.69. The van der Waals surface area contributed by atoms with Crippen molar-refractivity contribution in [3.8, 4) is 0 Å². The molecule has 2 fully saturated rings. The third kappa shape index (κ3) is 4.93. The zero-order chi connectivity index (χ0) is 12.6. The van der Waals surface area contributed by atoms with E-state index in [0.717, 1.165) is 32.8 Å². The maximum Gasteiger partial charge on any atom is 0.0594 e. The molecule has 0 spiro atoms. The van der Waals surface area contributed by atoms with Crippen molar-refractivity contribution >= 4 is 23.5 Å². The van der Waals surface area contributed by atoms with Gasteiger partial charge in [-0.15, -0.1) is 0 Å². The highest BCUT2D eigenvalue weighted by Crippen LogP contribution is 2.17. The van der Waals surface area contributed by atoms with Gasteiger partial charge >= 0.3 is 0 Å². The minimum absolute atomic E-state index is 0.687. The molecule has 0 aromatic heterocycles. The Kier molecular flexibility index (Phi) is 7.23. The van der Waals surface area contributed by atoms with Crippen LogP contribution in [-0.4, -0.2) is 72.8 Å². The maximum absolute atomic E-state index is 5.44. The number of thioether (sulfide) groups is 2. The number of morpholine rings is 1. The molecule has 0 bridgehead atoms. The zero-order valence-corrected chi connectivity index (χ0v) is 13.0. The molecule has 3 nitrogen and oxygen atoms in total. The topological polar surface area (TPSA) is 24.5 Å². The monoisotopic (exact) mass is 290 g/mol. The lowest BCUT2D eigenvalue weighted by Gasteiger charge is -2.35. The van der Waals surface area contributed by atoms with Crippen molar-refractivity contribution < 1.29 is 4.74 Å². The summed E-state index contributed by atoms with van der Waals surface area (Å²) >= 11 is 4.20. The Hall–Kier alpha value is 0.580. The van der Waals surface area contributed by atoms with Crippen molar-refractivity contribution in [1.82, 2.24) is 10.2 Å². The van der Waals surface area contributed by atoms with Gasteiger partial charge in [0, 0.05) is 54.7 Å². The first-order chi connectivity index (χ1) is 8.90. The number of rotatable bonds is 5. The molecule has 0 amide bonds. The summed E-state index contributed by atoms with van der Waals surface area (Å²) in [6, 6.07) is 1.39. The average Bonchev–Trinajstić information content (AvgIpc) is 2.69. The summed E-state index contributed by atoms with van der Waals surface area (Å²) in [7, 11) is 0. The fraction of sp³-hybridized carbons (Fsp3) is 1.00. The van der Waals surface area contributed by atoms with E-state index in [9.17, 15) is 0 Å².